The van der Waals surface area contributed by atoms with E-state index in [4.69, 9.17) is 4.74 Å². The van der Waals surface area contributed by atoms with Gasteiger partial charge in [0.1, 0.15) is 5.60 Å². The van der Waals surface area contributed by atoms with Gasteiger partial charge in [0.15, 0.2) is 0 Å². The lowest BCUT2D eigenvalue weighted by Gasteiger charge is -2.39. The predicted molar refractivity (Wildman–Crippen MR) is 63.4 cm³/mol. The Morgan fingerprint density at radius 1 is 1.12 bits per heavy atom. The molecular weight excluding hydrogens is 212 g/mol. The lowest BCUT2D eigenvalue weighted by atomic mass is 9.70. The number of aryl methyl sites for hydroxylation is 1. The molecule has 2 fully saturated rings. The molecule has 0 aromatic heterocycles. The summed E-state index contributed by atoms with van der Waals surface area (Å²) in [6.45, 7) is 0. The van der Waals surface area contributed by atoms with E-state index in [9.17, 15) is 4.79 Å². The van der Waals surface area contributed by atoms with Crippen molar-refractivity contribution in [3.8, 4) is 0 Å². The summed E-state index contributed by atoms with van der Waals surface area (Å²) in [7, 11) is 0. The first-order valence-corrected chi connectivity index (χ1v) is 6.61. The Bertz CT molecular complexity index is 493. The number of hydrogen-bond donors (Lipinski definition) is 0. The van der Waals surface area contributed by atoms with E-state index < -0.39 is 0 Å². The van der Waals surface area contributed by atoms with Gasteiger partial charge in [0.25, 0.3) is 0 Å². The number of ether oxygens (including phenoxy) is 1. The Labute approximate surface area is 101 Å². The van der Waals surface area contributed by atoms with Crippen molar-refractivity contribution >= 4 is 5.97 Å². The molecule has 1 saturated carbocycles. The van der Waals surface area contributed by atoms with Crippen molar-refractivity contribution in [3.63, 3.8) is 0 Å². The van der Waals surface area contributed by atoms with E-state index in [-0.39, 0.29) is 11.6 Å². The molecule has 1 aromatic carbocycles. The number of esters is 1. The number of benzene rings is 1. The molecule has 1 spiro atoms. The maximum atomic E-state index is 11.7. The van der Waals surface area contributed by atoms with E-state index in [2.05, 4.69) is 24.3 Å². The van der Waals surface area contributed by atoms with Crippen LogP contribution in [0.2, 0.25) is 0 Å². The molecule has 1 aromatic rings. The van der Waals surface area contributed by atoms with Crippen molar-refractivity contribution in [2.24, 2.45) is 11.8 Å². The molecule has 3 aliphatic rings. The summed E-state index contributed by atoms with van der Waals surface area (Å²) in [6, 6.07) is 8.55. The molecule has 1 heterocycles. The molecule has 88 valence electrons. The third-order valence-corrected chi connectivity index (χ3v) is 4.97. The zero-order valence-electron chi connectivity index (χ0n) is 9.82. The second-order valence-corrected chi connectivity index (χ2v) is 5.64. The smallest absolute Gasteiger partial charge is 0.307 e. The average molecular weight is 228 g/mol. The zero-order valence-corrected chi connectivity index (χ0v) is 9.82. The highest BCUT2D eigenvalue weighted by Gasteiger charge is 2.60. The summed E-state index contributed by atoms with van der Waals surface area (Å²) >= 11 is 0. The van der Waals surface area contributed by atoms with Crippen LogP contribution in [0.3, 0.4) is 0 Å². The predicted octanol–water partition coefficient (Wildman–Crippen LogP) is 2.80. The van der Waals surface area contributed by atoms with Crippen molar-refractivity contribution in [1.29, 1.82) is 0 Å². The fraction of sp³-hybridized carbons (Fsp3) is 0.533. The van der Waals surface area contributed by atoms with Gasteiger partial charge < -0.3 is 4.74 Å². The molecule has 3 atom stereocenters. The molecule has 0 bridgehead atoms. The average Bonchev–Trinajstić information content (AvgIpc) is 2.83. The molecule has 1 saturated heterocycles. The monoisotopic (exact) mass is 228 g/mol. The largest absolute Gasteiger partial charge is 0.454 e. The zero-order chi connectivity index (χ0) is 11.5. The lowest BCUT2D eigenvalue weighted by Crippen LogP contribution is -2.39. The van der Waals surface area contributed by atoms with Gasteiger partial charge in [-0.25, -0.2) is 0 Å². The molecule has 1 aliphatic heterocycles. The Kier molecular flexibility index (Phi) is 1.78. The van der Waals surface area contributed by atoms with Gasteiger partial charge in [-0.2, -0.15) is 0 Å². The van der Waals surface area contributed by atoms with Crippen molar-refractivity contribution in [2.75, 3.05) is 0 Å². The van der Waals surface area contributed by atoms with Crippen LogP contribution >= 0.6 is 0 Å². The molecule has 0 amide bonds. The minimum atomic E-state index is -0.244. The second-order valence-electron chi connectivity index (χ2n) is 5.64. The van der Waals surface area contributed by atoms with Crippen LogP contribution in [0.15, 0.2) is 24.3 Å². The first-order valence-electron chi connectivity index (χ1n) is 6.61. The van der Waals surface area contributed by atoms with Gasteiger partial charge in [0, 0.05) is 11.8 Å². The lowest BCUT2D eigenvalue weighted by molar-refractivity contribution is -0.155. The first-order chi connectivity index (χ1) is 8.30. The first kappa shape index (κ1) is 9.69. The Balaban J connectivity index is 1.94. The Morgan fingerprint density at radius 3 is 2.88 bits per heavy atom. The van der Waals surface area contributed by atoms with Crippen molar-refractivity contribution < 1.29 is 9.53 Å². The van der Waals surface area contributed by atoms with Gasteiger partial charge in [0.05, 0.1) is 6.42 Å². The van der Waals surface area contributed by atoms with E-state index in [1.807, 2.05) is 0 Å². The highest BCUT2D eigenvalue weighted by Crippen LogP contribution is 2.59. The number of fused-ring (bicyclic) bond motifs is 1. The SMILES string of the molecule is O=C1C[C@H]2CC[C@@H]3CCc4ccccc4[C@@]32O1. The fourth-order valence-electron chi connectivity index (χ4n) is 4.32. The van der Waals surface area contributed by atoms with Gasteiger partial charge in [-0.1, -0.05) is 24.3 Å². The van der Waals surface area contributed by atoms with Crippen molar-refractivity contribution in [2.45, 2.75) is 37.7 Å². The normalized spacial score (nSPS) is 38.2. The van der Waals surface area contributed by atoms with Gasteiger partial charge in [-0.15, -0.1) is 0 Å². The van der Waals surface area contributed by atoms with Gasteiger partial charge in [0.2, 0.25) is 0 Å². The van der Waals surface area contributed by atoms with Crippen LogP contribution in [0, 0.1) is 11.8 Å². The third kappa shape index (κ3) is 1.09. The summed E-state index contributed by atoms with van der Waals surface area (Å²) in [5, 5.41) is 0. The van der Waals surface area contributed by atoms with Gasteiger partial charge >= 0.3 is 5.97 Å². The summed E-state index contributed by atoms with van der Waals surface area (Å²) in [6.07, 6.45) is 5.34. The summed E-state index contributed by atoms with van der Waals surface area (Å²) in [5.74, 6) is 1.01. The molecule has 4 rings (SSSR count). The molecule has 2 aliphatic carbocycles. The number of carbonyl (C=O) groups excluding carboxylic acids is 1. The van der Waals surface area contributed by atoms with E-state index in [0.29, 0.717) is 18.3 Å². The van der Waals surface area contributed by atoms with E-state index in [1.54, 1.807) is 0 Å². The highest BCUT2D eigenvalue weighted by molar-refractivity contribution is 5.74. The number of carbonyl (C=O) groups is 1. The topological polar surface area (TPSA) is 26.3 Å². The second kappa shape index (κ2) is 3.12. The van der Waals surface area contributed by atoms with E-state index >= 15 is 0 Å². The van der Waals surface area contributed by atoms with Crippen LogP contribution in [0.4, 0.5) is 0 Å². The van der Waals surface area contributed by atoms with Crippen LogP contribution in [-0.4, -0.2) is 5.97 Å². The minimum absolute atomic E-state index is 0.0106. The van der Waals surface area contributed by atoms with Crippen LogP contribution in [0.5, 0.6) is 0 Å². The maximum absolute atomic E-state index is 11.7. The molecule has 0 N–H and O–H groups in total. The molecule has 17 heavy (non-hydrogen) atoms. The summed E-state index contributed by atoms with van der Waals surface area (Å²) in [4.78, 5) is 11.7. The summed E-state index contributed by atoms with van der Waals surface area (Å²) < 4.78 is 5.86. The third-order valence-electron chi connectivity index (χ3n) is 4.97. The molecule has 2 nitrogen and oxygen atoms in total. The molecule has 0 radical (unpaired) electrons. The minimum Gasteiger partial charge on any atom is -0.454 e. The van der Waals surface area contributed by atoms with E-state index in [0.717, 1.165) is 12.8 Å². The quantitative estimate of drug-likeness (QED) is 0.638. The fourth-order valence-corrected chi connectivity index (χ4v) is 4.32. The molecule has 2 heteroatoms. The number of hydrogen-bond acceptors (Lipinski definition) is 2. The van der Waals surface area contributed by atoms with Crippen LogP contribution < -0.4 is 0 Å². The van der Waals surface area contributed by atoms with Crippen LogP contribution in [0.25, 0.3) is 0 Å². The Hall–Kier alpha value is -1.31. The highest BCUT2D eigenvalue weighted by atomic mass is 16.6. The molecule has 0 unspecified atom stereocenters. The van der Waals surface area contributed by atoms with Crippen LogP contribution in [-0.2, 0) is 21.6 Å². The van der Waals surface area contributed by atoms with Crippen molar-refractivity contribution in [3.05, 3.63) is 35.4 Å². The standard InChI is InChI=1S/C15H16O2/c16-14-9-12-8-7-11-6-5-10-3-1-2-4-13(10)15(11,12)17-14/h1-4,11-12H,5-9H2/t11-,12+,15+/m0/s1. The van der Waals surface area contributed by atoms with Crippen molar-refractivity contribution in [1.82, 2.24) is 0 Å². The molecular formula is C15H16O2. The van der Waals surface area contributed by atoms with E-state index in [1.165, 1.54) is 24.0 Å². The summed E-state index contributed by atoms with van der Waals surface area (Å²) in [5.41, 5.74) is 2.46. The maximum Gasteiger partial charge on any atom is 0.307 e. The Morgan fingerprint density at radius 2 is 1.94 bits per heavy atom. The van der Waals surface area contributed by atoms with Crippen LogP contribution in [0.1, 0.15) is 36.8 Å². The number of rotatable bonds is 0. The van der Waals surface area contributed by atoms with Gasteiger partial charge in [-0.3, -0.25) is 4.79 Å². The van der Waals surface area contributed by atoms with Gasteiger partial charge in [-0.05, 0) is 36.8 Å².